The van der Waals surface area contributed by atoms with E-state index in [1.54, 1.807) is 0 Å². The second-order valence-electron chi connectivity index (χ2n) is 7.98. The molecule has 0 aliphatic carbocycles. The molecule has 1 fully saturated rings. The van der Waals surface area contributed by atoms with Gasteiger partial charge in [-0.3, -0.25) is 0 Å². The van der Waals surface area contributed by atoms with Crippen LogP contribution in [0.15, 0.2) is 30.6 Å². The van der Waals surface area contributed by atoms with Crippen LogP contribution in [0.4, 0.5) is 33.9 Å². The van der Waals surface area contributed by atoms with Gasteiger partial charge in [0.1, 0.15) is 23.0 Å². The number of halogens is 5. The van der Waals surface area contributed by atoms with Crippen molar-refractivity contribution in [3.05, 3.63) is 47.2 Å². The van der Waals surface area contributed by atoms with Crippen molar-refractivity contribution in [1.29, 1.82) is 0 Å². The van der Waals surface area contributed by atoms with E-state index in [0.717, 1.165) is 6.07 Å². The molecule has 1 aliphatic heterocycles. The molecule has 13 heteroatoms. The Morgan fingerprint density at radius 2 is 1.94 bits per heavy atom. The SMILES string of the molecule is COc1cc2ncnc(Nc3ccc(F)c(Cl)c3F)c2cc1OC(=O)N1CCC(COC(F)F)CC1. The summed E-state index contributed by atoms with van der Waals surface area (Å²) >= 11 is 5.66. The van der Waals surface area contributed by atoms with Crippen LogP contribution in [-0.4, -0.2) is 54.4 Å². The second-order valence-corrected chi connectivity index (χ2v) is 8.36. The van der Waals surface area contributed by atoms with E-state index >= 15 is 0 Å². The van der Waals surface area contributed by atoms with Gasteiger partial charge in [0.2, 0.25) is 0 Å². The summed E-state index contributed by atoms with van der Waals surface area (Å²) in [7, 11) is 1.39. The van der Waals surface area contributed by atoms with Gasteiger partial charge in [0.25, 0.3) is 0 Å². The summed E-state index contributed by atoms with van der Waals surface area (Å²) in [5.74, 6) is -1.54. The molecule has 4 rings (SSSR count). The van der Waals surface area contributed by atoms with Crippen LogP contribution < -0.4 is 14.8 Å². The smallest absolute Gasteiger partial charge is 0.415 e. The van der Waals surface area contributed by atoms with E-state index in [1.807, 2.05) is 0 Å². The lowest BCUT2D eigenvalue weighted by Gasteiger charge is -2.31. The Hall–Kier alpha value is -3.38. The molecule has 2 aromatic carbocycles. The lowest BCUT2D eigenvalue weighted by atomic mass is 9.98. The summed E-state index contributed by atoms with van der Waals surface area (Å²) in [6.45, 7) is -2.28. The number of rotatable bonds is 7. The molecular formula is C23H21ClF4N4O4. The maximum atomic E-state index is 14.4. The molecule has 192 valence electrons. The van der Waals surface area contributed by atoms with Crippen molar-refractivity contribution in [2.24, 2.45) is 5.92 Å². The molecular weight excluding hydrogens is 508 g/mol. The first-order valence-corrected chi connectivity index (χ1v) is 11.2. The number of hydrogen-bond acceptors (Lipinski definition) is 7. The topological polar surface area (TPSA) is 85.8 Å². The minimum absolute atomic E-state index is 0.0635. The molecule has 1 N–H and O–H groups in total. The van der Waals surface area contributed by atoms with Gasteiger partial charge in [-0.25, -0.2) is 23.5 Å². The average Bonchev–Trinajstić information content (AvgIpc) is 2.88. The van der Waals surface area contributed by atoms with Crippen molar-refractivity contribution in [1.82, 2.24) is 14.9 Å². The van der Waals surface area contributed by atoms with Crippen molar-refractivity contribution in [3.8, 4) is 11.5 Å². The normalized spacial score (nSPS) is 14.4. The number of likely N-dealkylation sites (tertiary alicyclic amines) is 1. The number of piperidine rings is 1. The minimum Gasteiger partial charge on any atom is -0.493 e. The summed E-state index contributed by atoms with van der Waals surface area (Å²) in [4.78, 5) is 22.5. The van der Waals surface area contributed by atoms with E-state index in [1.165, 1.54) is 36.5 Å². The van der Waals surface area contributed by atoms with Gasteiger partial charge in [-0.15, -0.1) is 0 Å². The summed E-state index contributed by atoms with van der Waals surface area (Å²) in [5, 5.41) is 2.45. The van der Waals surface area contributed by atoms with E-state index in [-0.39, 0.29) is 35.5 Å². The fourth-order valence-electron chi connectivity index (χ4n) is 3.80. The number of nitrogens with one attached hydrogen (secondary N) is 1. The first-order valence-electron chi connectivity index (χ1n) is 10.9. The number of amides is 1. The van der Waals surface area contributed by atoms with Crippen LogP contribution in [-0.2, 0) is 4.74 Å². The zero-order valence-corrected chi connectivity index (χ0v) is 19.7. The third-order valence-electron chi connectivity index (χ3n) is 5.74. The number of ether oxygens (including phenoxy) is 3. The number of carbonyl (C=O) groups is 1. The summed E-state index contributed by atoms with van der Waals surface area (Å²) in [5.41, 5.74) is 0.284. The van der Waals surface area contributed by atoms with E-state index < -0.39 is 29.4 Å². The Balaban J connectivity index is 1.54. The first-order chi connectivity index (χ1) is 17.3. The van der Waals surface area contributed by atoms with Crippen LogP contribution in [0.25, 0.3) is 10.9 Å². The maximum absolute atomic E-state index is 14.4. The predicted octanol–water partition coefficient (Wildman–Crippen LogP) is 5.76. The highest BCUT2D eigenvalue weighted by atomic mass is 35.5. The van der Waals surface area contributed by atoms with Crippen molar-refractivity contribution >= 4 is 40.1 Å². The van der Waals surface area contributed by atoms with E-state index in [0.29, 0.717) is 36.8 Å². The molecule has 0 unspecified atom stereocenters. The Morgan fingerprint density at radius 1 is 1.19 bits per heavy atom. The zero-order valence-electron chi connectivity index (χ0n) is 18.9. The van der Waals surface area contributed by atoms with E-state index in [2.05, 4.69) is 20.0 Å². The first kappa shape index (κ1) is 25.7. The maximum Gasteiger partial charge on any atom is 0.415 e. The van der Waals surface area contributed by atoms with Gasteiger partial charge in [0, 0.05) is 24.5 Å². The Bertz CT molecular complexity index is 1260. The van der Waals surface area contributed by atoms with E-state index in [9.17, 15) is 22.4 Å². The lowest BCUT2D eigenvalue weighted by Crippen LogP contribution is -2.41. The molecule has 0 atom stereocenters. The monoisotopic (exact) mass is 528 g/mol. The van der Waals surface area contributed by atoms with Gasteiger partial charge in [0.05, 0.1) is 24.9 Å². The summed E-state index contributed by atoms with van der Waals surface area (Å²) in [6, 6.07) is 5.16. The largest absolute Gasteiger partial charge is 0.493 e. The van der Waals surface area contributed by atoms with Gasteiger partial charge in [0.15, 0.2) is 17.3 Å². The van der Waals surface area contributed by atoms with Crippen molar-refractivity contribution in [2.45, 2.75) is 19.5 Å². The van der Waals surface area contributed by atoms with Crippen LogP contribution in [0.1, 0.15) is 12.8 Å². The minimum atomic E-state index is -2.83. The predicted molar refractivity (Wildman–Crippen MR) is 123 cm³/mol. The highest BCUT2D eigenvalue weighted by Gasteiger charge is 2.26. The second kappa shape index (κ2) is 11.1. The fraction of sp³-hybridized carbons (Fsp3) is 0.348. The van der Waals surface area contributed by atoms with Crippen molar-refractivity contribution in [3.63, 3.8) is 0 Å². The lowest BCUT2D eigenvalue weighted by molar-refractivity contribution is -0.140. The number of alkyl halides is 2. The van der Waals surface area contributed by atoms with Gasteiger partial charge < -0.3 is 24.4 Å². The van der Waals surface area contributed by atoms with Crippen LogP contribution in [0.2, 0.25) is 5.02 Å². The number of anilines is 2. The van der Waals surface area contributed by atoms with Gasteiger partial charge >= 0.3 is 12.7 Å². The van der Waals surface area contributed by atoms with Crippen molar-refractivity contribution < 1.29 is 36.6 Å². The molecule has 0 radical (unpaired) electrons. The number of fused-ring (bicyclic) bond motifs is 1. The third-order valence-corrected chi connectivity index (χ3v) is 6.08. The van der Waals surface area contributed by atoms with Crippen LogP contribution in [0, 0.1) is 17.6 Å². The van der Waals surface area contributed by atoms with Crippen LogP contribution in [0.5, 0.6) is 11.5 Å². The number of aromatic nitrogens is 2. The molecule has 3 aromatic rings. The average molecular weight is 529 g/mol. The van der Waals surface area contributed by atoms with Gasteiger partial charge in [-0.05, 0) is 37.0 Å². The highest BCUT2D eigenvalue weighted by Crippen LogP contribution is 2.36. The fourth-order valence-corrected chi connectivity index (χ4v) is 3.97. The Labute approximate surface area is 208 Å². The van der Waals surface area contributed by atoms with Crippen LogP contribution >= 0.6 is 11.6 Å². The third kappa shape index (κ3) is 5.71. The zero-order chi connectivity index (χ0) is 25.8. The molecule has 1 aromatic heterocycles. The molecule has 1 saturated heterocycles. The molecule has 0 spiro atoms. The number of methoxy groups -OCH3 is 1. The van der Waals surface area contributed by atoms with Gasteiger partial charge in [-0.2, -0.15) is 8.78 Å². The summed E-state index contributed by atoms with van der Waals surface area (Å²) < 4.78 is 67.7. The number of nitrogens with zero attached hydrogens (tertiary/aromatic N) is 3. The summed E-state index contributed by atoms with van der Waals surface area (Å²) in [6.07, 6.45) is 1.57. The van der Waals surface area contributed by atoms with Gasteiger partial charge in [-0.1, -0.05) is 11.6 Å². The molecule has 0 saturated carbocycles. The molecule has 1 amide bonds. The van der Waals surface area contributed by atoms with Crippen LogP contribution in [0.3, 0.4) is 0 Å². The molecule has 0 bridgehead atoms. The number of carbonyl (C=O) groups excluding carboxylic acids is 1. The molecule has 8 nitrogen and oxygen atoms in total. The molecule has 1 aliphatic rings. The Kier molecular flexibility index (Phi) is 7.94. The quantitative estimate of drug-likeness (QED) is 0.308. The number of benzene rings is 2. The highest BCUT2D eigenvalue weighted by molar-refractivity contribution is 6.31. The standard InChI is InChI=1S/C23H21ClF4N4O4/c1-34-17-9-16-13(21(30-11-29-16)31-15-3-2-14(25)19(24)20(15)26)8-18(17)36-23(33)32-6-4-12(5-7-32)10-35-22(27)28/h2-3,8-9,11-12,22H,4-7,10H2,1H3,(H,29,30,31). The molecule has 36 heavy (non-hydrogen) atoms. The van der Waals surface area contributed by atoms with Crippen molar-refractivity contribution in [2.75, 3.05) is 32.1 Å². The number of hydrogen-bond donors (Lipinski definition) is 1. The Morgan fingerprint density at radius 3 is 2.64 bits per heavy atom. The van der Waals surface area contributed by atoms with E-state index in [4.69, 9.17) is 21.1 Å². The molecule has 2 heterocycles.